The lowest BCUT2D eigenvalue weighted by Gasteiger charge is -2.26. The maximum atomic E-state index is 5.99. The Kier molecular flexibility index (Phi) is 7.26. The number of rotatable bonds is 7. The molecule has 1 aliphatic rings. The van der Waals surface area contributed by atoms with Gasteiger partial charge in [0.25, 0.3) is 0 Å². The van der Waals surface area contributed by atoms with Crippen molar-refractivity contribution >= 4 is 27.5 Å². The SMILES string of the molecule is Cc1cc(Cl)cc(Br)c1OCCNCCN1CCOCC1. The van der Waals surface area contributed by atoms with E-state index in [9.17, 15) is 0 Å². The van der Waals surface area contributed by atoms with Crippen molar-refractivity contribution in [3.63, 3.8) is 0 Å². The van der Waals surface area contributed by atoms with Crippen LogP contribution in [0.3, 0.4) is 0 Å². The van der Waals surface area contributed by atoms with E-state index in [-0.39, 0.29) is 0 Å². The number of morpholine rings is 1. The molecule has 0 atom stereocenters. The fraction of sp³-hybridized carbons (Fsp3) is 0.600. The smallest absolute Gasteiger partial charge is 0.136 e. The summed E-state index contributed by atoms with van der Waals surface area (Å²) in [6, 6.07) is 3.77. The predicted octanol–water partition coefficient (Wildman–Crippen LogP) is 2.71. The van der Waals surface area contributed by atoms with Crippen LogP contribution in [-0.4, -0.2) is 57.4 Å². The number of hydrogen-bond acceptors (Lipinski definition) is 4. The Morgan fingerprint density at radius 2 is 2.10 bits per heavy atom. The lowest BCUT2D eigenvalue weighted by molar-refractivity contribution is 0.0383. The minimum Gasteiger partial charge on any atom is -0.491 e. The van der Waals surface area contributed by atoms with Crippen molar-refractivity contribution < 1.29 is 9.47 Å². The van der Waals surface area contributed by atoms with Gasteiger partial charge >= 0.3 is 0 Å². The third-order valence-corrected chi connectivity index (χ3v) is 4.24. The largest absolute Gasteiger partial charge is 0.491 e. The second kappa shape index (κ2) is 8.96. The minimum atomic E-state index is 0.643. The fourth-order valence-electron chi connectivity index (χ4n) is 2.28. The van der Waals surface area contributed by atoms with E-state index in [1.54, 1.807) is 0 Å². The molecule has 1 heterocycles. The van der Waals surface area contributed by atoms with Crippen molar-refractivity contribution in [1.82, 2.24) is 10.2 Å². The standard InChI is InChI=1S/C15H22BrClN2O2/c1-12-10-13(17)11-14(16)15(12)21-7-3-18-2-4-19-5-8-20-9-6-19/h10-11,18H,2-9H2,1H3. The fourth-order valence-corrected chi connectivity index (χ4v) is 3.36. The molecule has 0 amide bonds. The molecule has 0 spiro atoms. The van der Waals surface area contributed by atoms with Gasteiger partial charge in [-0.1, -0.05) is 11.6 Å². The molecular weight excluding hydrogens is 356 g/mol. The first-order chi connectivity index (χ1) is 10.2. The highest BCUT2D eigenvalue weighted by Gasteiger charge is 2.09. The van der Waals surface area contributed by atoms with Gasteiger partial charge in [-0.25, -0.2) is 0 Å². The van der Waals surface area contributed by atoms with Crippen molar-refractivity contribution in [2.75, 3.05) is 52.5 Å². The van der Waals surface area contributed by atoms with Crippen LogP contribution in [0.2, 0.25) is 5.02 Å². The summed E-state index contributed by atoms with van der Waals surface area (Å²) >= 11 is 9.47. The lowest BCUT2D eigenvalue weighted by Crippen LogP contribution is -2.40. The van der Waals surface area contributed by atoms with E-state index < -0.39 is 0 Å². The van der Waals surface area contributed by atoms with Gasteiger partial charge in [-0.15, -0.1) is 0 Å². The third kappa shape index (κ3) is 5.75. The lowest BCUT2D eigenvalue weighted by atomic mass is 10.2. The molecule has 1 saturated heterocycles. The van der Waals surface area contributed by atoms with Crippen LogP contribution in [-0.2, 0) is 4.74 Å². The summed E-state index contributed by atoms with van der Waals surface area (Å²) < 4.78 is 12.0. The van der Waals surface area contributed by atoms with Crippen LogP contribution in [0.4, 0.5) is 0 Å². The molecule has 118 valence electrons. The van der Waals surface area contributed by atoms with E-state index in [4.69, 9.17) is 21.1 Å². The summed E-state index contributed by atoms with van der Waals surface area (Å²) in [4.78, 5) is 2.41. The predicted molar refractivity (Wildman–Crippen MR) is 89.5 cm³/mol. The Hall–Kier alpha value is -0.330. The molecule has 0 aromatic heterocycles. The van der Waals surface area contributed by atoms with Crippen molar-refractivity contribution in [1.29, 1.82) is 0 Å². The number of aryl methyl sites for hydroxylation is 1. The Labute approximate surface area is 139 Å². The van der Waals surface area contributed by atoms with Crippen molar-refractivity contribution in [3.05, 3.63) is 27.2 Å². The van der Waals surface area contributed by atoms with Gasteiger partial charge in [0.15, 0.2) is 0 Å². The molecule has 21 heavy (non-hydrogen) atoms. The van der Waals surface area contributed by atoms with Crippen molar-refractivity contribution in [3.8, 4) is 5.75 Å². The molecule has 0 aliphatic carbocycles. The van der Waals surface area contributed by atoms with Crippen LogP contribution in [0.15, 0.2) is 16.6 Å². The second-order valence-electron chi connectivity index (χ2n) is 5.09. The Bertz CT molecular complexity index is 430. The number of nitrogens with zero attached hydrogens (tertiary/aromatic N) is 1. The molecule has 2 rings (SSSR count). The molecule has 6 heteroatoms. The number of benzene rings is 1. The van der Waals surface area contributed by atoms with E-state index >= 15 is 0 Å². The summed E-state index contributed by atoms with van der Waals surface area (Å²) in [6.07, 6.45) is 0. The number of halogens is 2. The normalized spacial score (nSPS) is 16.1. The van der Waals surface area contributed by atoms with Crippen molar-refractivity contribution in [2.45, 2.75) is 6.92 Å². The number of hydrogen-bond donors (Lipinski definition) is 1. The second-order valence-corrected chi connectivity index (χ2v) is 6.38. The highest BCUT2D eigenvalue weighted by atomic mass is 79.9. The van der Waals surface area contributed by atoms with Gasteiger partial charge in [-0.05, 0) is 40.5 Å². The van der Waals surface area contributed by atoms with Gasteiger partial charge in [0.2, 0.25) is 0 Å². The topological polar surface area (TPSA) is 33.7 Å². The van der Waals surface area contributed by atoms with Gasteiger partial charge in [-0.2, -0.15) is 0 Å². The van der Waals surface area contributed by atoms with Gasteiger partial charge in [0, 0.05) is 37.7 Å². The first-order valence-electron chi connectivity index (χ1n) is 7.26. The van der Waals surface area contributed by atoms with E-state index in [1.165, 1.54) is 0 Å². The average molecular weight is 378 g/mol. The van der Waals surface area contributed by atoms with Gasteiger partial charge in [0.1, 0.15) is 12.4 Å². The number of ether oxygens (including phenoxy) is 2. The maximum absolute atomic E-state index is 5.99. The average Bonchev–Trinajstić information content (AvgIpc) is 2.45. The molecule has 0 radical (unpaired) electrons. The van der Waals surface area contributed by atoms with E-state index in [0.29, 0.717) is 6.61 Å². The first-order valence-corrected chi connectivity index (χ1v) is 8.43. The summed E-state index contributed by atoms with van der Waals surface area (Å²) in [5, 5.41) is 4.12. The van der Waals surface area contributed by atoms with E-state index in [0.717, 1.165) is 66.7 Å². The van der Waals surface area contributed by atoms with Crippen LogP contribution < -0.4 is 10.1 Å². The highest BCUT2D eigenvalue weighted by molar-refractivity contribution is 9.10. The molecule has 1 aromatic carbocycles. The van der Waals surface area contributed by atoms with Crippen molar-refractivity contribution in [2.24, 2.45) is 0 Å². The monoisotopic (exact) mass is 376 g/mol. The zero-order valence-corrected chi connectivity index (χ0v) is 14.7. The summed E-state index contributed by atoms with van der Waals surface area (Å²) in [6.45, 7) is 9.29. The van der Waals surface area contributed by atoms with Crippen LogP contribution in [0, 0.1) is 6.92 Å². The molecule has 1 aromatic rings. The maximum Gasteiger partial charge on any atom is 0.136 e. The quantitative estimate of drug-likeness (QED) is 0.741. The Morgan fingerprint density at radius 1 is 1.33 bits per heavy atom. The summed E-state index contributed by atoms with van der Waals surface area (Å²) in [5.74, 6) is 0.870. The van der Waals surface area contributed by atoms with Gasteiger partial charge in [0.05, 0.1) is 17.7 Å². The molecule has 4 nitrogen and oxygen atoms in total. The molecular formula is C15H22BrClN2O2. The molecule has 0 unspecified atom stereocenters. The van der Waals surface area contributed by atoms with Crippen LogP contribution in [0.1, 0.15) is 5.56 Å². The zero-order chi connectivity index (χ0) is 15.1. The Morgan fingerprint density at radius 3 is 2.81 bits per heavy atom. The van der Waals surface area contributed by atoms with Crippen LogP contribution in [0.25, 0.3) is 0 Å². The van der Waals surface area contributed by atoms with Gasteiger partial charge < -0.3 is 14.8 Å². The zero-order valence-electron chi connectivity index (χ0n) is 12.3. The van der Waals surface area contributed by atoms with Gasteiger partial charge in [-0.3, -0.25) is 4.90 Å². The number of nitrogens with one attached hydrogen (secondary N) is 1. The first kappa shape index (κ1) is 17.0. The molecule has 1 N–H and O–H groups in total. The Balaban J connectivity index is 1.61. The summed E-state index contributed by atoms with van der Waals surface area (Å²) in [5.41, 5.74) is 1.04. The molecule has 0 bridgehead atoms. The third-order valence-electron chi connectivity index (χ3n) is 3.43. The van der Waals surface area contributed by atoms with Crippen LogP contribution in [0.5, 0.6) is 5.75 Å². The highest BCUT2D eigenvalue weighted by Crippen LogP contribution is 2.31. The molecule has 0 saturated carbocycles. The van der Waals surface area contributed by atoms with Crippen LogP contribution >= 0.6 is 27.5 Å². The molecule has 1 fully saturated rings. The summed E-state index contributed by atoms with van der Waals surface area (Å²) in [7, 11) is 0. The minimum absolute atomic E-state index is 0.643. The van der Waals surface area contributed by atoms with E-state index in [1.807, 2.05) is 19.1 Å². The molecule has 1 aliphatic heterocycles. The van der Waals surface area contributed by atoms with E-state index in [2.05, 4.69) is 26.1 Å².